The van der Waals surface area contributed by atoms with Gasteiger partial charge in [0.1, 0.15) is 11.8 Å². The number of phenols is 1. The summed E-state index contributed by atoms with van der Waals surface area (Å²) in [6.07, 6.45) is 1.51. The molecule has 1 rings (SSSR count). The molecule has 1 aromatic rings. The van der Waals surface area contributed by atoms with Crippen LogP contribution in [-0.2, 0) is 0 Å². The maximum Gasteiger partial charge on any atom is 0.140 e. The Labute approximate surface area is 65.0 Å². The Morgan fingerprint density at radius 3 is 2.82 bits per heavy atom. The zero-order valence-corrected chi connectivity index (χ0v) is 5.91. The summed E-state index contributed by atoms with van der Waals surface area (Å²) in [5.74, 6) is 0.00463. The van der Waals surface area contributed by atoms with E-state index in [0.717, 1.165) is 0 Å². The Hall–Kier alpha value is -1.75. The Balaban J connectivity index is 3.34. The van der Waals surface area contributed by atoms with Gasteiger partial charge in [0.05, 0.1) is 5.56 Å². The number of nitriles is 1. The molecule has 0 atom stereocenters. The third-order valence-corrected chi connectivity index (χ3v) is 1.41. The standard InChI is InChI=1S/C9H7NO/c1-2-7-4-3-5-8(6-10)9(7)11/h2-5,11H,1H2. The molecule has 0 radical (unpaired) electrons. The van der Waals surface area contributed by atoms with E-state index in [1.807, 2.05) is 6.07 Å². The molecule has 0 aliphatic carbocycles. The summed E-state index contributed by atoms with van der Waals surface area (Å²) >= 11 is 0. The highest BCUT2D eigenvalue weighted by Crippen LogP contribution is 2.21. The van der Waals surface area contributed by atoms with Gasteiger partial charge in [0, 0.05) is 5.56 Å². The van der Waals surface area contributed by atoms with Crippen LogP contribution in [0.5, 0.6) is 5.75 Å². The number of rotatable bonds is 1. The molecule has 0 amide bonds. The van der Waals surface area contributed by atoms with Crippen LogP contribution in [-0.4, -0.2) is 5.11 Å². The van der Waals surface area contributed by atoms with Crippen molar-refractivity contribution in [1.82, 2.24) is 0 Å². The lowest BCUT2D eigenvalue weighted by Crippen LogP contribution is -1.79. The minimum atomic E-state index is 0.00463. The summed E-state index contributed by atoms with van der Waals surface area (Å²) in [5.41, 5.74) is 0.867. The fourth-order valence-electron chi connectivity index (χ4n) is 0.816. The first-order valence-electron chi connectivity index (χ1n) is 3.14. The number of phenolic OH excluding ortho intramolecular Hbond substituents is 1. The van der Waals surface area contributed by atoms with Gasteiger partial charge in [-0.2, -0.15) is 5.26 Å². The predicted octanol–water partition coefficient (Wildman–Crippen LogP) is 1.91. The Morgan fingerprint density at radius 2 is 2.27 bits per heavy atom. The van der Waals surface area contributed by atoms with Crippen molar-refractivity contribution in [1.29, 1.82) is 5.26 Å². The molecule has 0 aliphatic rings. The highest BCUT2D eigenvalue weighted by atomic mass is 16.3. The van der Waals surface area contributed by atoms with Gasteiger partial charge in [0.15, 0.2) is 0 Å². The molecule has 1 N–H and O–H groups in total. The van der Waals surface area contributed by atoms with Crippen molar-refractivity contribution in [2.75, 3.05) is 0 Å². The third kappa shape index (κ3) is 1.22. The maximum atomic E-state index is 9.30. The first kappa shape index (κ1) is 7.36. The highest BCUT2D eigenvalue weighted by Gasteiger charge is 2.01. The normalized spacial score (nSPS) is 8.64. The van der Waals surface area contributed by atoms with Crippen LogP contribution in [0.3, 0.4) is 0 Å². The molecule has 0 aliphatic heterocycles. The van der Waals surface area contributed by atoms with Crippen LogP contribution in [0.15, 0.2) is 24.8 Å². The van der Waals surface area contributed by atoms with Crippen LogP contribution in [0, 0.1) is 11.3 Å². The topological polar surface area (TPSA) is 44.0 Å². The lowest BCUT2D eigenvalue weighted by Gasteiger charge is -1.98. The summed E-state index contributed by atoms with van der Waals surface area (Å²) in [6.45, 7) is 3.50. The van der Waals surface area contributed by atoms with Crippen LogP contribution in [0.1, 0.15) is 11.1 Å². The molecule has 0 unspecified atom stereocenters. The second-order valence-corrected chi connectivity index (χ2v) is 2.06. The molecule has 1 aromatic carbocycles. The van der Waals surface area contributed by atoms with Crippen molar-refractivity contribution >= 4 is 6.08 Å². The molecule has 0 aromatic heterocycles. The van der Waals surface area contributed by atoms with E-state index in [9.17, 15) is 5.11 Å². The Kier molecular flexibility index (Phi) is 1.93. The van der Waals surface area contributed by atoms with Crippen molar-refractivity contribution in [3.05, 3.63) is 35.9 Å². The minimum Gasteiger partial charge on any atom is -0.506 e. The van der Waals surface area contributed by atoms with Crippen molar-refractivity contribution in [3.8, 4) is 11.8 Å². The van der Waals surface area contributed by atoms with E-state index in [1.165, 1.54) is 6.08 Å². The second kappa shape index (κ2) is 2.89. The maximum absolute atomic E-state index is 9.30. The molecule has 0 fully saturated rings. The van der Waals surface area contributed by atoms with E-state index in [0.29, 0.717) is 5.56 Å². The summed E-state index contributed by atoms with van der Waals surface area (Å²) < 4.78 is 0. The monoisotopic (exact) mass is 145 g/mol. The van der Waals surface area contributed by atoms with Crippen molar-refractivity contribution in [3.63, 3.8) is 0 Å². The van der Waals surface area contributed by atoms with Crippen LogP contribution >= 0.6 is 0 Å². The van der Waals surface area contributed by atoms with Crippen molar-refractivity contribution in [2.45, 2.75) is 0 Å². The Morgan fingerprint density at radius 1 is 1.55 bits per heavy atom. The number of benzene rings is 1. The number of nitrogens with zero attached hydrogens (tertiary/aromatic N) is 1. The quantitative estimate of drug-likeness (QED) is 0.655. The molecular weight excluding hydrogens is 138 g/mol. The Bertz CT molecular complexity index is 323. The average molecular weight is 145 g/mol. The van der Waals surface area contributed by atoms with Crippen molar-refractivity contribution < 1.29 is 5.11 Å². The molecule has 0 saturated carbocycles. The zero-order valence-electron chi connectivity index (χ0n) is 5.91. The fourth-order valence-corrected chi connectivity index (χ4v) is 0.816. The van der Waals surface area contributed by atoms with Gasteiger partial charge >= 0.3 is 0 Å². The van der Waals surface area contributed by atoms with Gasteiger partial charge in [-0.3, -0.25) is 0 Å². The van der Waals surface area contributed by atoms with Crippen LogP contribution in [0.4, 0.5) is 0 Å². The van der Waals surface area contributed by atoms with Crippen molar-refractivity contribution in [2.24, 2.45) is 0 Å². The van der Waals surface area contributed by atoms with Gasteiger partial charge in [-0.1, -0.05) is 24.8 Å². The van der Waals surface area contributed by atoms with E-state index < -0.39 is 0 Å². The van der Waals surface area contributed by atoms with Crippen LogP contribution in [0.2, 0.25) is 0 Å². The molecule has 2 heteroatoms. The number of hydrogen-bond acceptors (Lipinski definition) is 2. The molecule has 0 heterocycles. The van der Waals surface area contributed by atoms with Gasteiger partial charge in [-0.15, -0.1) is 0 Å². The molecular formula is C9H7NO. The lowest BCUT2D eigenvalue weighted by molar-refractivity contribution is 0.472. The smallest absolute Gasteiger partial charge is 0.140 e. The summed E-state index contributed by atoms with van der Waals surface area (Å²) in [6, 6.07) is 6.83. The van der Waals surface area contributed by atoms with Gasteiger partial charge in [0.2, 0.25) is 0 Å². The zero-order chi connectivity index (χ0) is 8.27. The number of aromatic hydroxyl groups is 1. The molecule has 54 valence electrons. The van der Waals surface area contributed by atoms with E-state index in [2.05, 4.69) is 6.58 Å². The van der Waals surface area contributed by atoms with E-state index in [-0.39, 0.29) is 11.3 Å². The number of hydrogen-bond donors (Lipinski definition) is 1. The molecule has 11 heavy (non-hydrogen) atoms. The molecule has 0 saturated heterocycles. The SMILES string of the molecule is C=Cc1cccc(C#N)c1O. The van der Waals surface area contributed by atoms with Crippen LogP contribution in [0.25, 0.3) is 6.08 Å². The van der Waals surface area contributed by atoms with E-state index in [4.69, 9.17) is 5.26 Å². The van der Waals surface area contributed by atoms with E-state index in [1.54, 1.807) is 18.2 Å². The predicted molar refractivity (Wildman–Crippen MR) is 42.9 cm³/mol. The minimum absolute atomic E-state index is 0.00463. The van der Waals surface area contributed by atoms with E-state index >= 15 is 0 Å². The highest BCUT2D eigenvalue weighted by molar-refractivity contribution is 5.60. The third-order valence-electron chi connectivity index (χ3n) is 1.41. The lowest BCUT2D eigenvalue weighted by atomic mass is 10.1. The molecule has 0 bridgehead atoms. The van der Waals surface area contributed by atoms with Crippen LogP contribution < -0.4 is 0 Å². The average Bonchev–Trinajstić information content (AvgIpc) is 2.05. The van der Waals surface area contributed by atoms with Gasteiger partial charge in [-0.05, 0) is 6.07 Å². The fraction of sp³-hybridized carbons (Fsp3) is 0. The van der Waals surface area contributed by atoms with Gasteiger partial charge in [-0.25, -0.2) is 0 Å². The first-order valence-corrected chi connectivity index (χ1v) is 3.14. The summed E-state index contributed by atoms with van der Waals surface area (Å²) in [7, 11) is 0. The largest absolute Gasteiger partial charge is 0.506 e. The van der Waals surface area contributed by atoms with Gasteiger partial charge in [0.25, 0.3) is 0 Å². The summed E-state index contributed by atoms with van der Waals surface area (Å²) in [5, 5.41) is 17.8. The summed E-state index contributed by atoms with van der Waals surface area (Å²) in [4.78, 5) is 0. The first-order chi connectivity index (χ1) is 5.29. The van der Waals surface area contributed by atoms with Gasteiger partial charge < -0.3 is 5.11 Å². The molecule has 2 nitrogen and oxygen atoms in total. The molecule has 0 spiro atoms. The number of para-hydroxylation sites is 1. The second-order valence-electron chi connectivity index (χ2n) is 2.06.